The van der Waals surface area contributed by atoms with E-state index >= 15 is 0 Å². The van der Waals surface area contributed by atoms with Crippen molar-refractivity contribution in [2.45, 2.75) is 6.92 Å². The second-order valence-corrected chi connectivity index (χ2v) is 6.14. The summed E-state index contributed by atoms with van der Waals surface area (Å²) in [5, 5.41) is 17.5. The number of hydrogen-bond donors (Lipinski definition) is 2. The van der Waals surface area contributed by atoms with E-state index in [-0.39, 0.29) is 18.4 Å². The number of ether oxygens (including phenoxy) is 1. The number of carbonyl (C=O) groups excluding carboxylic acids is 2. The van der Waals surface area contributed by atoms with Crippen LogP contribution in [0.3, 0.4) is 0 Å². The van der Waals surface area contributed by atoms with E-state index in [0.29, 0.717) is 22.8 Å². The summed E-state index contributed by atoms with van der Waals surface area (Å²) < 4.78 is 4.80. The molecule has 0 atom stereocenters. The molecule has 9 heteroatoms. The van der Waals surface area contributed by atoms with E-state index in [2.05, 4.69) is 26.0 Å². The Kier molecular flexibility index (Phi) is 5.75. The van der Waals surface area contributed by atoms with Gasteiger partial charge in [0.15, 0.2) is 0 Å². The number of rotatable bonds is 6. The van der Waals surface area contributed by atoms with Gasteiger partial charge in [0, 0.05) is 29.6 Å². The van der Waals surface area contributed by atoms with Crippen LogP contribution in [0.2, 0.25) is 0 Å². The lowest BCUT2D eigenvalue weighted by molar-refractivity contribution is -0.119. The Morgan fingerprint density at radius 1 is 1.11 bits per heavy atom. The molecule has 2 aromatic carbocycles. The molecule has 3 rings (SSSR count). The van der Waals surface area contributed by atoms with Gasteiger partial charge in [-0.1, -0.05) is 12.1 Å². The molecule has 28 heavy (non-hydrogen) atoms. The molecular weight excluding hydrogens is 360 g/mol. The molecule has 9 nitrogen and oxygen atoms in total. The lowest BCUT2D eigenvalue weighted by Gasteiger charge is -2.11. The van der Waals surface area contributed by atoms with E-state index < -0.39 is 0 Å². The summed E-state index contributed by atoms with van der Waals surface area (Å²) in [5.74, 6) is 0.0190. The molecule has 1 aromatic heterocycles. The Bertz CT molecular complexity index is 997. The number of carbonyl (C=O) groups is 2. The van der Waals surface area contributed by atoms with Gasteiger partial charge >= 0.3 is 0 Å². The third-order valence-corrected chi connectivity index (χ3v) is 3.95. The lowest BCUT2D eigenvalue weighted by Crippen LogP contribution is -2.18. The van der Waals surface area contributed by atoms with E-state index in [4.69, 9.17) is 4.74 Å². The molecule has 0 aliphatic carbocycles. The third kappa shape index (κ3) is 4.57. The number of hydrogen-bond acceptors (Lipinski definition) is 6. The number of nitrogens with one attached hydrogen (secondary N) is 2. The molecule has 0 fully saturated rings. The molecule has 0 bridgehead atoms. The Hall–Kier alpha value is -3.59. The summed E-state index contributed by atoms with van der Waals surface area (Å²) in [6.45, 7) is 1.83. The zero-order chi connectivity index (χ0) is 20.1. The zero-order valence-corrected chi connectivity index (χ0v) is 15.8. The predicted octanol–water partition coefficient (Wildman–Crippen LogP) is 2.02. The van der Waals surface area contributed by atoms with E-state index in [1.807, 2.05) is 6.92 Å². The van der Waals surface area contributed by atoms with Gasteiger partial charge in [-0.2, -0.15) is 4.80 Å². The summed E-state index contributed by atoms with van der Waals surface area (Å²) in [5.41, 5.74) is 3.40. The van der Waals surface area contributed by atoms with Gasteiger partial charge in [0.2, 0.25) is 11.7 Å². The summed E-state index contributed by atoms with van der Waals surface area (Å²) in [6, 6.07) is 12.2. The summed E-state index contributed by atoms with van der Waals surface area (Å²) in [7, 11) is 3.15. The van der Waals surface area contributed by atoms with Crippen molar-refractivity contribution in [2.24, 2.45) is 7.05 Å². The SMILES string of the molecule is COCC(=O)Nc1ccc(NC(=O)c2ccc(-c3nnn(C)n3)cc2)cc1C. The number of aryl methyl sites for hydroxylation is 2. The first-order valence-corrected chi connectivity index (χ1v) is 8.51. The number of amides is 2. The number of anilines is 2. The van der Waals surface area contributed by atoms with Crippen LogP contribution < -0.4 is 10.6 Å². The lowest BCUT2D eigenvalue weighted by atomic mass is 10.1. The maximum atomic E-state index is 12.5. The minimum absolute atomic E-state index is 0.0159. The maximum absolute atomic E-state index is 12.5. The average molecular weight is 380 g/mol. The molecule has 2 amide bonds. The first-order valence-electron chi connectivity index (χ1n) is 8.51. The molecule has 3 aromatic rings. The maximum Gasteiger partial charge on any atom is 0.255 e. The van der Waals surface area contributed by atoms with Gasteiger partial charge in [-0.3, -0.25) is 9.59 Å². The van der Waals surface area contributed by atoms with Crippen LogP contribution in [0.15, 0.2) is 42.5 Å². The standard InChI is InChI=1S/C19H20N6O3/c1-12-10-15(8-9-16(12)21-17(26)11-28-3)20-19(27)14-6-4-13(5-7-14)18-22-24-25(2)23-18/h4-10H,11H2,1-3H3,(H,20,27)(H,21,26). The van der Waals surface area contributed by atoms with Crippen molar-refractivity contribution < 1.29 is 14.3 Å². The highest BCUT2D eigenvalue weighted by Gasteiger charge is 2.10. The van der Waals surface area contributed by atoms with Crippen LogP contribution >= 0.6 is 0 Å². The van der Waals surface area contributed by atoms with Gasteiger partial charge in [-0.05, 0) is 48.0 Å². The van der Waals surface area contributed by atoms with Crippen LogP contribution in [-0.4, -0.2) is 45.7 Å². The first-order chi connectivity index (χ1) is 13.5. The molecular formula is C19H20N6O3. The average Bonchev–Trinajstić information content (AvgIpc) is 3.11. The minimum Gasteiger partial charge on any atom is -0.375 e. The summed E-state index contributed by atoms with van der Waals surface area (Å²) in [4.78, 5) is 25.5. The molecule has 2 N–H and O–H groups in total. The summed E-state index contributed by atoms with van der Waals surface area (Å²) >= 11 is 0. The van der Waals surface area contributed by atoms with Crippen molar-refractivity contribution in [1.82, 2.24) is 20.2 Å². The van der Waals surface area contributed by atoms with E-state index in [9.17, 15) is 9.59 Å². The molecule has 1 heterocycles. The highest BCUT2D eigenvalue weighted by Crippen LogP contribution is 2.21. The first kappa shape index (κ1) is 19.2. The van der Waals surface area contributed by atoms with E-state index in [1.165, 1.54) is 11.9 Å². The molecule has 0 saturated heterocycles. The quantitative estimate of drug-likeness (QED) is 0.677. The van der Waals surface area contributed by atoms with Gasteiger partial charge < -0.3 is 15.4 Å². The number of aromatic nitrogens is 4. The summed E-state index contributed by atoms with van der Waals surface area (Å²) in [6.07, 6.45) is 0. The van der Waals surface area contributed by atoms with Crippen molar-refractivity contribution in [3.63, 3.8) is 0 Å². The number of nitrogens with zero attached hydrogens (tertiary/aromatic N) is 4. The smallest absolute Gasteiger partial charge is 0.255 e. The van der Waals surface area contributed by atoms with Crippen LogP contribution in [0.5, 0.6) is 0 Å². The monoisotopic (exact) mass is 380 g/mol. The molecule has 0 aliphatic rings. The second-order valence-electron chi connectivity index (χ2n) is 6.14. The fourth-order valence-corrected chi connectivity index (χ4v) is 2.57. The molecule has 0 saturated carbocycles. The Balaban J connectivity index is 1.67. The van der Waals surface area contributed by atoms with Gasteiger partial charge in [0.25, 0.3) is 5.91 Å². The predicted molar refractivity (Wildman–Crippen MR) is 104 cm³/mol. The fraction of sp³-hybridized carbons (Fsp3) is 0.211. The largest absolute Gasteiger partial charge is 0.375 e. The van der Waals surface area contributed by atoms with Crippen molar-refractivity contribution in [2.75, 3.05) is 24.4 Å². The van der Waals surface area contributed by atoms with E-state index in [0.717, 1.165) is 11.1 Å². The van der Waals surface area contributed by atoms with Gasteiger partial charge in [-0.25, -0.2) is 0 Å². The van der Waals surface area contributed by atoms with Crippen LogP contribution in [0.1, 0.15) is 15.9 Å². The van der Waals surface area contributed by atoms with E-state index in [1.54, 1.807) is 49.5 Å². The zero-order valence-electron chi connectivity index (χ0n) is 15.8. The highest BCUT2D eigenvalue weighted by atomic mass is 16.5. The molecule has 0 aliphatic heterocycles. The molecule has 0 spiro atoms. The van der Waals surface area contributed by atoms with Crippen LogP contribution in [0.25, 0.3) is 11.4 Å². The van der Waals surface area contributed by atoms with Crippen molar-refractivity contribution in [3.05, 3.63) is 53.6 Å². The fourth-order valence-electron chi connectivity index (χ4n) is 2.57. The van der Waals surface area contributed by atoms with Gasteiger partial charge in [0.05, 0.1) is 7.05 Å². The Labute approximate surface area is 161 Å². The number of tetrazole rings is 1. The Morgan fingerprint density at radius 3 is 2.46 bits per heavy atom. The third-order valence-electron chi connectivity index (χ3n) is 3.95. The number of benzene rings is 2. The topological polar surface area (TPSA) is 111 Å². The minimum atomic E-state index is -0.241. The number of methoxy groups -OCH3 is 1. The molecule has 144 valence electrons. The van der Waals surface area contributed by atoms with Gasteiger partial charge in [-0.15, -0.1) is 10.2 Å². The Morgan fingerprint density at radius 2 is 1.86 bits per heavy atom. The van der Waals surface area contributed by atoms with Crippen LogP contribution in [-0.2, 0) is 16.6 Å². The van der Waals surface area contributed by atoms with Crippen molar-refractivity contribution in [3.8, 4) is 11.4 Å². The molecule has 0 radical (unpaired) electrons. The van der Waals surface area contributed by atoms with Crippen molar-refractivity contribution in [1.29, 1.82) is 0 Å². The van der Waals surface area contributed by atoms with Crippen molar-refractivity contribution >= 4 is 23.2 Å². The van der Waals surface area contributed by atoms with Gasteiger partial charge in [0.1, 0.15) is 6.61 Å². The van der Waals surface area contributed by atoms with Crippen LogP contribution in [0.4, 0.5) is 11.4 Å². The van der Waals surface area contributed by atoms with Crippen LogP contribution in [0, 0.1) is 6.92 Å². The normalized spacial score (nSPS) is 10.5. The second kappa shape index (κ2) is 8.40. The highest BCUT2D eigenvalue weighted by molar-refractivity contribution is 6.04. The molecule has 0 unspecified atom stereocenters.